The van der Waals surface area contributed by atoms with E-state index in [1.807, 2.05) is 37.1 Å². The van der Waals surface area contributed by atoms with Crippen molar-refractivity contribution in [1.82, 2.24) is 39.7 Å². The summed E-state index contributed by atoms with van der Waals surface area (Å²) in [6, 6.07) is 4.04. The standard InChI is InChI=1S/C22H24N6O2S.C12H14N4O3S2/c1-13(2)30-17-9-15-11-23-10-14(15)8-16(17)26-19-18-20(25-12-24-19)31-21(27-18)22(29)28-6-4-3-5-7-28;1-21(18,19)11-8-9(13-7-14-11)20-10(15-8)12(17)16-5-3-2-4-6-16/h8-10,12-13H,3-7,11H2,1-2H3,(H,24,25,26);7H,2-6H2,1H3. The number of nitrogens with one attached hydrogen (secondary N) is 1. The first-order valence-electron chi connectivity index (χ1n) is 17.2. The van der Waals surface area contributed by atoms with E-state index in [1.54, 1.807) is 4.90 Å². The molecule has 1 N–H and O–H groups in total. The molecule has 18 heteroatoms. The van der Waals surface area contributed by atoms with Gasteiger partial charge in [-0.3, -0.25) is 14.6 Å². The van der Waals surface area contributed by atoms with Gasteiger partial charge in [0.2, 0.25) is 0 Å². The highest BCUT2D eigenvalue weighted by molar-refractivity contribution is 7.90. The molecule has 4 aromatic heterocycles. The highest BCUT2D eigenvalue weighted by Gasteiger charge is 2.26. The summed E-state index contributed by atoms with van der Waals surface area (Å²) in [5.74, 6) is 1.12. The maximum Gasteiger partial charge on any atom is 0.282 e. The molecule has 0 radical (unpaired) electrons. The van der Waals surface area contributed by atoms with E-state index in [9.17, 15) is 18.0 Å². The Balaban J connectivity index is 0.000000175. The van der Waals surface area contributed by atoms with Gasteiger partial charge in [-0.05, 0) is 75.6 Å². The lowest BCUT2D eigenvalue weighted by Crippen LogP contribution is -2.35. The van der Waals surface area contributed by atoms with Crippen LogP contribution in [0.4, 0.5) is 11.5 Å². The number of anilines is 2. The Labute approximate surface area is 308 Å². The van der Waals surface area contributed by atoms with Gasteiger partial charge in [0, 0.05) is 38.6 Å². The smallest absolute Gasteiger partial charge is 0.282 e. The number of amides is 2. The summed E-state index contributed by atoms with van der Waals surface area (Å²) in [6.07, 6.45) is 12.0. The second-order valence-corrected chi connectivity index (χ2v) is 16.9. The highest BCUT2D eigenvalue weighted by Crippen LogP contribution is 2.35. The van der Waals surface area contributed by atoms with Crippen LogP contribution in [0.5, 0.6) is 5.75 Å². The van der Waals surface area contributed by atoms with Gasteiger partial charge in [0.1, 0.15) is 39.1 Å². The molecule has 0 bridgehead atoms. The Morgan fingerprint density at radius 2 is 1.38 bits per heavy atom. The van der Waals surface area contributed by atoms with E-state index in [2.05, 4.69) is 40.2 Å². The number of aromatic nitrogens is 6. The van der Waals surface area contributed by atoms with Crippen molar-refractivity contribution in [3.8, 4) is 5.75 Å². The van der Waals surface area contributed by atoms with Crippen LogP contribution in [-0.2, 0) is 16.4 Å². The molecule has 0 unspecified atom stereocenters. The molecule has 8 rings (SSSR count). The fourth-order valence-corrected chi connectivity index (χ4v) is 8.76. The monoisotopic (exact) mass is 762 g/mol. The third-order valence-electron chi connectivity index (χ3n) is 8.71. The number of carbonyl (C=O) groups excluding carboxylic acids is 2. The van der Waals surface area contributed by atoms with Crippen LogP contribution in [0.2, 0.25) is 0 Å². The molecule has 3 aliphatic rings. The van der Waals surface area contributed by atoms with Gasteiger partial charge in [-0.2, -0.15) is 0 Å². The van der Waals surface area contributed by atoms with Crippen molar-refractivity contribution in [2.24, 2.45) is 4.99 Å². The first kappa shape index (κ1) is 35.7. The molecular weight excluding hydrogens is 725 g/mol. The predicted octanol–water partition coefficient (Wildman–Crippen LogP) is 5.29. The Bertz CT molecular complexity index is 2280. The van der Waals surface area contributed by atoms with Gasteiger partial charge in [0.15, 0.2) is 30.7 Å². The van der Waals surface area contributed by atoms with Crippen molar-refractivity contribution >= 4 is 82.7 Å². The number of benzene rings is 1. The molecule has 1 aromatic carbocycles. The van der Waals surface area contributed by atoms with Crippen LogP contribution >= 0.6 is 22.7 Å². The minimum atomic E-state index is -3.50. The van der Waals surface area contributed by atoms with Gasteiger partial charge < -0.3 is 19.9 Å². The van der Waals surface area contributed by atoms with Crippen molar-refractivity contribution in [3.05, 3.63) is 45.9 Å². The number of hydrogen-bond donors (Lipinski definition) is 1. The molecule has 2 saturated heterocycles. The zero-order valence-electron chi connectivity index (χ0n) is 29.0. The second kappa shape index (κ2) is 15.1. The van der Waals surface area contributed by atoms with E-state index in [0.717, 1.165) is 98.4 Å². The predicted molar refractivity (Wildman–Crippen MR) is 200 cm³/mol. The number of fused-ring (bicyclic) bond motifs is 3. The van der Waals surface area contributed by atoms with E-state index in [-0.39, 0.29) is 33.5 Å². The number of piperidine rings is 2. The summed E-state index contributed by atoms with van der Waals surface area (Å²) >= 11 is 2.42. The summed E-state index contributed by atoms with van der Waals surface area (Å²) < 4.78 is 29.5. The highest BCUT2D eigenvalue weighted by atomic mass is 32.2. The average molecular weight is 763 g/mol. The largest absolute Gasteiger partial charge is 0.489 e. The molecule has 5 aromatic rings. The molecule has 3 aliphatic heterocycles. The van der Waals surface area contributed by atoms with Crippen molar-refractivity contribution < 1.29 is 22.7 Å². The number of aliphatic imine (C=N–C) groups is 1. The molecule has 0 spiro atoms. The third kappa shape index (κ3) is 7.73. The molecule has 0 saturated carbocycles. The van der Waals surface area contributed by atoms with Crippen molar-refractivity contribution in [2.75, 3.05) is 37.8 Å². The molecule has 0 aliphatic carbocycles. The van der Waals surface area contributed by atoms with Gasteiger partial charge >= 0.3 is 0 Å². The Morgan fingerprint density at radius 3 is 1.98 bits per heavy atom. The summed E-state index contributed by atoms with van der Waals surface area (Å²) in [4.78, 5) is 59.8. The van der Waals surface area contributed by atoms with Gasteiger partial charge in [0.25, 0.3) is 11.8 Å². The number of ether oxygens (including phenoxy) is 1. The summed E-state index contributed by atoms with van der Waals surface area (Å²) in [6.45, 7) is 7.68. The Hall–Kier alpha value is -4.68. The fraction of sp³-hybridized carbons (Fsp3) is 0.441. The van der Waals surface area contributed by atoms with E-state index in [4.69, 9.17) is 4.74 Å². The van der Waals surface area contributed by atoms with Gasteiger partial charge in [-0.1, -0.05) is 22.7 Å². The normalized spacial score (nSPS) is 15.8. The first-order chi connectivity index (χ1) is 25.0. The maximum atomic E-state index is 12.9. The topological polar surface area (TPSA) is 186 Å². The van der Waals surface area contributed by atoms with Crippen molar-refractivity contribution in [3.63, 3.8) is 0 Å². The van der Waals surface area contributed by atoms with E-state index in [0.29, 0.717) is 32.5 Å². The summed E-state index contributed by atoms with van der Waals surface area (Å²) in [7, 11) is -3.50. The third-order valence-corrected chi connectivity index (χ3v) is 11.6. The zero-order chi connectivity index (χ0) is 36.4. The van der Waals surface area contributed by atoms with Crippen LogP contribution in [0.15, 0.2) is 34.8 Å². The number of nitrogens with zero attached hydrogens (tertiary/aromatic N) is 9. The van der Waals surface area contributed by atoms with Gasteiger partial charge in [-0.25, -0.2) is 38.3 Å². The van der Waals surface area contributed by atoms with E-state index in [1.165, 1.54) is 30.4 Å². The Kier molecular flexibility index (Phi) is 10.4. The SMILES string of the molecule is CC(C)Oc1cc2c(cc1Nc1ncnc3sc(C(=O)N4CCCCC4)nc13)C=NC2.CS(=O)(=O)c1ncnc2sc(C(=O)N3CCCCC3)nc12. The minimum absolute atomic E-state index is 0.0220. The molecule has 272 valence electrons. The summed E-state index contributed by atoms with van der Waals surface area (Å²) in [5.41, 5.74) is 3.76. The molecule has 2 amide bonds. The molecule has 2 fully saturated rings. The zero-order valence-corrected chi connectivity index (χ0v) is 31.5. The van der Waals surface area contributed by atoms with Crippen LogP contribution in [0, 0.1) is 0 Å². The lowest BCUT2D eigenvalue weighted by molar-refractivity contribution is 0.0717. The van der Waals surface area contributed by atoms with Crippen LogP contribution < -0.4 is 10.1 Å². The lowest BCUT2D eigenvalue weighted by Gasteiger charge is -2.25. The van der Waals surface area contributed by atoms with Crippen LogP contribution in [-0.4, -0.2) is 105 Å². The van der Waals surface area contributed by atoms with Crippen LogP contribution in [0.1, 0.15) is 83.1 Å². The molecule has 0 atom stereocenters. The minimum Gasteiger partial charge on any atom is -0.489 e. The maximum absolute atomic E-state index is 12.9. The van der Waals surface area contributed by atoms with Gasteiger partial charge in [0.05, 0.1) is 18.3 Å². The molecular formula is C34H38N10O5S3. The number of rotatable bonds is 7. The lowest BCUT2D eigenvalue weighted by atomic mass is 10.1. The number of carbonyl (C=O) groups is 2. The number of sulfone groups is 1. The average Bonchev–Trinajstić information content (AvgIpc) is 3.90. The fourth-order valence-electron chi connectivity index (χ4n) is 6.21. The van der Waals surface area contributed by atoms with E-state index < -0.39 is 9.84 Å². The number of thiazole rings is 2. The summed E-state index contributed by atoms with van der Waals surface area (Å²) in [5, 5.41) is 3.97. The van der Waals surface area contributed by atoms with Gasteiger partial charge in [-0.15, -0.1) is 0 Å². The van der Waals surface area contributed by atoms with E-state index >= 15 is 0 Å². The molecule has 7 heterocycles. The number of likely N-dealkylation sites (tertiary alicyclic amines) is 2. The van der Waals surface area contributed by atoms with Crippen molar-refractivity contribution in [2.45, 2.75) is 70.0 Å². The molecule has 52 heavy (non-hydrogen) atoms. The van der Waals surface area contributed by atoms with Crippen LogP contribution in [0.25, 0.3) is 20.7 Å². The first-order valence-corrected chi connectivity index (χ1v) is 20.7. The second-order valence-electron chi connectivity index (χ2n) is 13.0. The van der Waals surface area contributed by atoms with Crippen molar-refractivity contribution in [1.29, 1.82) is 0 Å². The van der Waals surface area contributed by atoms with Crippen LogP contribution in [0.3, 0.4) is 0 Å². The quantitative estimate of drug-likeness (QED) is 0.212. The molecule has 15 nitrogen and oxygen atoms in total. The Morgan fingerprint density at radius 1 is 0.808 bits per heavy atom. The number of hydrogen-bond acceptors (Lipinski definition) is 15.